The van der Waals surface area contributed by atoms with Crippen molar-refractivity contribution in [1.82, 2.24) is 15.0 Å². The highest BCUT2D eigenvalue weighted by Crippen LogP contribution is 2.58. The van der Waals surface area contributed by atoms with E-state index in [0.29, 0.717) is 30.8 Å². The fourth-order valence-corrected chi connectivity index (χ4v) is 6.22. The summed E-state index contributed by atoms with van der Waals surface area (Å²) in [5.74, 6) is 3.48. The average molecular weight is 424 g/mol. The Hall–Kier alpha value is -2.41. The monoisotopic (exact) mass is 423 g/mol. The van der Waals surface area contributed by atoms with Crippen molar-refractivity contribution in [2.24, 2.45) is 17.8 Å². The Morgan fingerprint density at radius 1 is 1.13 bits per heavy atom. The number of rotatable bonds is 6. The predicted molar refractivity (Wildman–Crippen MR) is 112 cm³/mol. The van der Waals surface area contributed by atoms with Gasteiger partial charge in [0.1, 0.15) is 5.75 Å². The van der Waals surface area contributed by atoms with Crippen LogP contribution < -0.4 is 4.74 Å². The summed E-state index contributed by atoms with van der Waals surface area (Å²) < 4.78 is 16.5. The number of hydrogen-bond acceptors (Lipinski definition) is 6. The van der Waals surface area contributed by atoms with E-state index in [2.05, 4.69) is 17.3 Å². The predicted octanol–water partition coefficient (Wildman–Crippen LogP) is 3.15. The first-order chi connectivity index (χ1) is 15.1. The van der Waals surface area contributed by atoms with E-state index in [1.165, 1.54) is 5.56 Å². The molecular formula is C24H29N3O4. The van der Waals surface area contributed by atoms with Gasteiger partial charge in [0.15, 0.2) is 5.82 Å². The largest absolute Gasteiger partial charge is 0.497 e. The van der Waals surface area contributed by atoms with E-state index in [9.17, 15) is 4.79 Å². The van der Waals surface area contributed by atoms with Crippen LogP contribution in [-0.4, -0.2) is 54.4 Å². The van der Waals surface area contributed by atoms with E-state index >= 15 is 0 Å². The zero-order valence-electron chi connectivity index (χ0n) is 18.1. The van der Waals surface area contributed by atoms with Gasteiger partial charge in [-0.1, -0.05) is 17.3 Å². The highest BCUT2D eigenvalue weighted by atomic mass is 16.5. The quantitative estimate of drug-likeness (QED) is 0.710. The molecule has 1 amide bonds. The maximum atomic E-state index is 13.3. The van der Waals surface area contributed by atoms with Gasteiger partial charge in [-0.05, 0) is 61.6 Å². The molecule has 0 unspecified atom stereocenters. The lowest BCUT2D eigenvalue weighted by atomic mass is 9.77. The Morgan fingerprint density at radius 3 is 2.55 bits per heavy atom. The van der Waals surface area contributed by atoms with Crippen molar-refractivity contribution < 1.29 is 18.8 Å². The van der Waals surface area contributed by atoms with Gasteiger partial charge in [0, 0.05) is 20.2 Å². The maximum absolute atomic E-state index is 13.3. The van der Waals surface area contributed by atoms with Crippen molar-refractivity contribution in [2.75, 3.05) is 27.3 Å². The van der Waals surface area contributed by atoms with E-state index in [-0.39, 0.29) is 29.3 Å². The Kier molecular flexibility index (Phi) is 4.39. The number of amides is 1. The van der Waals surface area contributed by atoms with Crippen LogP contribution in [0.15, 0.2) is 28.8 Å². The molecule has 2 bridgehead atoms. The molecule has 1 aromatic heterocycles. The number of aromatic nitrogens is 2. The summed E-state index contributed by atoms with van der Waals surface area (Å²) in [6.07, 6.45) is 5.60. The Morgan fingerprint density at radius 2 is 1.87 bits per heavy atom. The van der Waals surface area contributed by atoms with E-state index in [0.717, 1.165) is 43.7 Å². The fourth-order valence-electron chi connectivity index (χ4n) is 6.22. The molecule has 31 heavy (non-hydrogen) atoms. The van der Waals surface area contributed by atoms with Crippen LogP contribution in [0, 0.1) is 17.8 Å². The lowest BCUT2D eigenvalue weighted by molar-refractivity contribution is -0.150. The van der Waals surface area contributed by atoms with Crippen LogP contribution in [0.25, 0.3) is 0 Å². The van der Waals surface area contributed by atoms with Gasteiger partial charge in [0.2, 0.25) is 11.8 Å². The first-order valence-corrected chi connectivity index (χ1v) is 11.4. The van der Waals surface area contributed by atoms with E-state index in [4.69, 9.17) is 19.0 Å². The molecule has 0 spiro atoms. The second-order valence-corrected chi connectivity index (χ2v) is 9.75. The average Bonchev–Trinajstić information content (AvgIpc) is 3.11. The van der Waals surface area contributed by atoms with Crippen LogP contribution in [0.1, 0.15) is 55.3 Å². The van der Waals surface area contributed by atoms with Gasteiger partial charge in [-0.15, -0.1) is 0 Å². The first kappa shape index (κ1) is 19.3. The molecule has 164 valence electrons. The third-order valence-corrected chi connectivity index (χ3v) is 8.24. The summed E-state index contributed by atoms with van der Waals surface area (Å²) in [7, 11) is 3.39. The number of benzene rings is 1. The minimum atomic E-state index is -0.158. The van der Waals surface area contributed by atoms with E-state index in [1.54, 1.807) is 14.2 Å². The SMILES string of the molecule is COc1ccc(C2(c3noc([C@H]4[C@@H]5CC[C@@H](C5)[C@@H]4C(=O)N4CC(OC)C4)n3)CC2)cc1. The van der Waals surface area contributed by atoms with E-state index < -0.39 is 0 Å². The summed E-state index contributed by atoms with van der Waals surface area (Å²) in [4.78, 5) is 20.2. The summed E-state index contributed by atoms with van der Waals surface area (Å²) >= 11 is 0. The molecule has 1 saturated heterocycles. The fraction of sp³-hybridized carbons (Fsp3) is 0.625. The number of carbonyl (C=O) groups excluding carboxylic acids is 1. The normalized spacial score (nSPS) is 31.0. The number of nitrogens with zero attached hydrogens (tertiary/aromatic N) is 3. The zero-order chi connectivity index (χ0) is 21.2. The molecule has 2 aromatic rings. The van der Waals surface area contributed by atoms with Crippen molar-refractivity contribution >= 4 is 5.91 Å². The molecule has 4 fully saturated rings. The molecule has 1 aromatic carbocycles. The molecule has 1 aliphatic heterocycles. The van der Waals surface area contributed by atoms with Crippen molar-refractivity contribution in [3.8, 4) is 5.75 Å². The molecule has 4 aliphatic rings. The summed E-state index contributed by atoms with van der Waals surface area (Å²) in [5, 5.41) is 4.43. The molecule has 6 rings (SSSR count). The first-order valence-electron chi connectivity index (χ1n) is 11.4. The highest BCUT2D eigenvalue weighted by molar-refractivity contribution is 5.81. The molecule has 2 heterocycles. The maximum Gasteiger partial charge on any atom is 0.230 e. The van der Waals surface area contributed by atoms with Gasteiger partial charge in [-0.2, -0.15) is 4.98 Å². The third kappa shape index (κ3) is 2.93. The van der Waals surface area contributed by atoms with Gasteiger partial charge in [0.05, 0.1) is 30.5 Å². The minimum Gasteiger partial charge on any atom is -0.497 e. The summed E-state index contributed by atoms with van der Waals surface area (Å²) in [6.45, 7) is 1.40. The number of fused-ring (bicyclic) bond motifs is 2. The Bertz CT molecular complexity index is 977. The number of likely N-dealkylation sites (tertiary alicyclic amines) is 1. The number of methoxy groups -OCH3 is 2. The van der Waals surface area contributed by atoms with Gasteiger partial charge < -0.3 is 18.9 Å². The van der Waals surface area contributed by atoms with Crippen LogP contribution in [0.4, 0.5) is 0 Å². The van der Waals surface area contributed by atoms with Gasteiger partial charge in [-0.3, -0.25) is 4.79 Å². The van der Waals surface area contributed by atoms with Gasteiger partial charge in [-0.25, -0.2) is 0 Å². The van der Waals surface area contributed by atoms with Crippen molar-refractivity contribution in [2.45, 2.75) is 49.5 Å². The van der Waals surface area contributed by atoms with Gasteiger partial charge in [0.25, 0.3) is 0 Å². The molecule has 4 atom stereocenters. The lowest BCUT2D eigenvalue weighted by Gasteiger charge is -2.41. The smallest absolute Gasteiger partial charge is 0.230 e. The highest BCUT2D eigenvalue weighted by Gasteiger charge is 2.56. The van der Waals surface area contributed by atoms with Crippen molar-refractivity contribution in [3.63, 3.8) is 0 Å². The molecule has 0 N–H and O–H groups in total. The third-order valence-electron chi connectivity index (χ3n) is 8.24. The van der Waals surface area contributed by atoms with Crippen LogP contribution in [0.3, 0.4) is 0 Å². The van der Waals surface area contributed by atoms with E-state index in [1.807, 2.05) is 17.0 Å². The number of carbonyl (C=O) groups is 1. The molecule has 0 radical (unpaired) electrons. The topological polar surface area (TPSA) is 77.7 Å². The number of ether oxygens (including phenoxy) is 2. The lowest BCUT2D eigenvalue weighted by Crippen LogP contribution is -2.57. The molecule has 7 heteroatoms. The van der Waals surface area contributed by atoms with Gasteiger partial charge >= 0.3 is 0 Å². The zero-order valence-corrected chi connectivity index (χ0v) is 18.1. The second-order valence-electron chi connectivity index (χ2n) is 9.75. The molecule has 7 nitrogen and oxygen atoms in total. The summed E-state index contributed by atoms with van der Waals surface area (Å²) in [6, 6.07) is 8.17. The van der Waals surface area contributed by atoms with Crippen LogP contribution in [0.2, 0.25) is 0 Å². The second kappa shape index (κ2) is 7.05. The summed E-state index contributed by atoms with van der Waals surface area (Å²) in [5.41, 5.74) is 1.04. The van der Waals surface area contributed by atoms with Crippen LogP contribution in [0.5, 0.6) is 5.75 Å². The molecule has 3 aliphatic carbocycles. The van der Waals surface area contributed by atoms with Crippen LogP contribution in [-0.2, 0) is 14.9 Å². The molecule has 3 saturated carbocycles. The minimum absolute atomic E-state index is 0.0269. The number of hydrogen-bond donors (Lipinski definition) is 0. The molecular weight excluding hydrogens is 394 g/mol. The van der Waals surface area contributed by atoms with Crippen LogP contribution >= 0.6 is 0 Å². The standard InChI is InChI=1S/C24H29N3O4/c1-29-17-7-5-16(6-8-17)24(9-10-24)23-25-21(31-26-23)19-14-3-4-15(11-14)20(19)22(28)27-12-18(13-27)30-2/h5-8,14-15,18-20H,3-4,9-13H2,1-2H3/t14-,15+,19+,20+/m1/s1. The Labute approximate surface area is 182 Å². The van der Waals surface area contributed by atoms with Crippen molar-refractivity contribution in [1.29, 1.82) is 0 Å². The van der Waals surface area contributed by atoms with Crippen molar-refractivity contribution in [3.05, 3.63) is 41.5 Å². The Balaban J connectivity index is 1.26.